The van der Waals surface area contributed by atoms with E-state index in [0.717, 1.165) is 43.4 Å². The summed E-state index contributed by atoms with van der Waals surface area (Å²) >= 11 is 0. The summed E-state index contributed by atoms with van der Waals surface area (Å²) in [6.45, 7) is 9.62. The molecule has 1 saturated heterocycles. The monoisotopic (exact) mass is 265 g/mol. The first kappa shape index (κ1) is 14.5. The van der Waals surface area contributed by atoms with Crippen molar-refractivity contribution in [1.82, 2.24) is 15.4 Å². The summed E-state index contributed by atoms with van der Waals surface area (Å²) in [6, 6.07) is 2.09. The van der Waals surface area contributed by atoms with Crippen molar-refractivity contribution in [2.75, 3.05) is 19.6 Å². The van der Waals surface area contributed by atoms with Crippen molar-refractivity contribution < 1.29 is 4.52 Å². The second kappa shape index (κ2) is 7.65. The SMILES string of the molecule is CCCNCc1cc(CN2CCC(CC)CC2)on1. The summed E-state index contributed by atoms with van der Waals surface area (Å²) in [7, 11) is 0. The molecule has 0 bridgehead atoms. The first-order valence-electron chi connectivity index (χ1n) is 7.69. The molecule has 1 aromatic heterocycles. The van der Waals surface area contributed by atoms with Crippen LogP contribution in [0.5, 0.6) is 0 Å². The Hall–Kier alpha value is -0.870. The quantitative estimate of drug-likeness (QED) is 0.770. The van der Waals surface area contributed by atoms with E-state index in [1.165, 1.54) is 32.4 Å². The van der Waals surface area contributed by atoms with Crippen LogP contribution >= 0.6 is 0 Å². The molecule has 0 unspecified atom stereocenters. The molecule has 0 amide bonds. The highest BCUT2D eigenvalue weighted by atomic mass is 16.5. The van der Waals surface area contributed by atoms with Crippen molar-refractivity contribution in [3.05, 3.63) is 17.5 Å². The number of piperidine rings is 1. The standard InChI is InChI=1S/C15H27N3O/c1-3-7-16-11-14-10-15(19-17-14)12-18-8-5-13(4-2)6-9-18/h10,13,16H,3-9,11-12H2,1-2H3. The van der Waals surface area contributed by atoms with Gasteiger partial charge in [0.15, 0.2) is 5.76 Å². The molecule has 2 rings (SSSR count). The molecule has 19 heavy (non-hydrogen) atoms. The number of likely N-dealkylation sites (tertiary alicyclic amines) is 1. The third-order valence-electron chi connectivity index (χ3n) is 4.00. The van der Waals surface area contributed by atoms with Crippen LogP contribution < -0.4 is 5.32 Å². The van der Waals surface area contributed by atoms with Gasteiger partial charge < -0.3 is 9.84 Å². The van der Waals surface area contributed by atoms with Gasteiger partial charge >= 0.3 is 0 Å². The molecule has 108 valence electrons. The van der Waals surface area contributed by atoms with E-state index < -0.39 is 0 Å². The molecule has 1 N–H and O–H groups in total. The van der Waals surface area contributed by atoms with Gasteiger partial charge in [0, 0.05) is 12.6 Å². The number of hydrogen-bond donors (Lipinski definition) is 1. The lowest BCUT2D eigenvalue weighted by molar-refractivity contribution is 0.159. The van der Waals surface area contributed by atoms with E-state index in [1.807, 2.05) is 0 Å². The zero-order valence-corrected chi connectivity index (χ0v) is 12.3. The van der Waals surface area contributed by atoms with Gasteiger partial charge in [-0.1, -0.05) is 25.4 Å². The molecule has 0 aromatic carbocycles. The fourth-order valence-corrected chi connectivity index (χ4v) is 2.68. The van der Waals surface area contributed by atoms with Crippen LogP contribution in [0.15, 0.2) is 10.6 Å². The van der Waals surface area contributed by atoms with Gasteiger partial charge in [0.25, 0.3) is 0 Å². The van der Waals surface area contributed by atoms with Crippen LogP contribution in [-0.4, -0.2) is 29.7 Å². The van der Waals surface area contributed by atoms with Gasteiger partial charge in [-0.25, -0.2) is 0 Å². The van der Waals surface area contributed by atoms with E-state index in [2.05, 4.69) is 35.3 Å². The van der Waals surface area contributed by atoms with Crippen molar-refractivity contribution in [1.29, 1.82) is 0 Å². The van der Waals surface area contributed by atoms with Crippen LogP contribution in [0.3, 0.4) is 0 Å². The van der Waals surface area contributed by atoms with Crippen molar-refractivity contribution >= 4 is 0 Å². The van der Waals surface area contributed by atoms with Crippen molar-refractivity contribution in [2.24, 2.45) is 5.92 Å². The van der Waals surface area contributed by atoms with Gasteiger partial charge in [-0.2, -0.15) is 0 Å². The van der Waals surface area contributed by atoms with Gasteiger partial charge in [-0.15, -0.1) is 0 Å². The normalized spacial score (nSPS) is 18.0. The Morgan fingerprint density at radius 1 is 1.37 bits per heavy atom. The van der Waals surface area contributed by atoms with E-state index in [4.69, 9.17) is 4.52 Å². The maximum absolute atomic E-state index is 5.42. The number of hydrogen-bond acceptors (Lipinski definition) is 4. The Kier molecular flexibility index (Phi) is 5.86. The summed E-state index contributed by atoms with van der Waals surface area (Å²) in [5, 5.41) is 7.47. The first-order chi connectivity index (χ1) is 9.31. The Bertz CT molecular complexity index is 356. The summed E-state index contributed by atoms with van der Waals surface area (Å²) in [6.07, 6.45) is 5.13. The van der Waals surface area contributed by atoms with Crippen molar-refractivity contribution in [3.8, 4) is 0 Å². The van der Waals surface area contributed by atoms with Crippen LogP contribution in [-0.2, 0) is 13.1 Å². The minimum atomic E-state index is 0.815. The third kappa shape index (κ3) is 4.62. The van der Waals surface area contributed by atoms with Crippen LogP contribution in [0.4, 0.5) is 0 Å². The number of rotatable bonds is 7. The van der Waals surface area contributed by atoms with Crippen LogP contribution in [0.2, 0.25) is 0 Å². The smallest absolute Gasteiger partial charge is 0.151 e. The molecule has 4 heteroatoms. The fraction of sp³-hybridized carbons (Fsp3) is 0.800. The van der Waals surface area contributed by atoms with Crippen LogP contribution in [0.1, 0.15) is 51.0 Å². The predicted molar refractivity (Wildman–Crippen MR) is 76.8 cm³/mol. The highest BCUT2D eigenvalue weighted by Crippen LogP contribution is 2.21. The molecule has 1 aliphatic heterocycles. The molecule has 1 aromatic rings. The fourth-order valence-electron chi connectivity index (χ4n) is 2.68. The molecule has 4 nitrogen and oxygen atoms in total. The van der Waals surface area contributed by atoms with Gasteiger partial charge in [-0.05, 0) is 44.8 Å². The van der Waals surface area contributed by atoms with Gasteiger partial charge in [0.05, 0.1) is 12.2 Å². The van der Waals surface area contributed by atoms with Crippen LogP contribution in [0, 0.1) is 5.92 Å². The number of aromatic nitrogens is 1. The molecule has 0 saturated carbocycles. The van der Waals surface area contributed by atoms with E-state index in [-0.39, 0.29) is 0 Å². The Balaban J connectivity index is 1.74. The largest absolute Gasteiger partial charge is 0.360 e. The summed E-state index contributed by atoms with van der Waals surface area (Å²) in [4.78, 5) is 2.48. The van der Waals surface area contributed by atoms with Crippen molar-refractivity contribution in [2.45, 2.75) is 52.6 Å². The molecule has 0 atom stereocenters. The number of nitrogens with one attached hydrogen (secondary N) is 1. The molecule has 1 aliphatic rings. The van der Waals surface area contributed by atoms with Gasteiger partial charge in [-0.3, -0.25) is 4.90 Å². The average Bonchev–Trinajstić information content (AvgIpc) is 2.88. The maximum atomic E-state index is 5.42. The molecular formula is C15H27N3O. The number of nitrogens with zero attached hydrogens (tertiary/aromatic N) is 2. The summed E-state index contributed by atoms with van der Waals surface area (Å²) in [5.74, 6) is 1.93. The van der Waals surface area contributed by atoms with Gasteiger partial charge in [0.2, 0.25) is 0 Å². The molecule has 0 radical (unpaired) electrons. The topological polar surface area (TPSA) is 41.3 Å². The van der Waals surface area contributed by atoms with Crippen LogP contribution in [0.25, 0.3) is 0 Å². The maximum Gasteiger partial charge on any atom is 0.151 e. The summed E-state index contributed by atoms with van der Waals surface area (Å²) < 4.78 is 5.42. The Labute approximate surface area is 116 Å². The minimum Gasteiger partial charge on any atom is -0.360 e. The lowest BCUT2D eigenvalue weighted by Crippen LogP contribution is -2.32. The van der Waals surface area contributed by atoms with Crippen molar-refractivity contribution in [3.63, 3.8) is 0 Å². The molecule has 0 aliphatic carbocycles. The Morgan fingerprint density at radius 2 is 2.16 bits per heavy atom. The second-order valence-electron chi connectivity index (χ2n) is 5.59. The van der Waals surface area contributed by atoms with E-state index in [9.17, 15) is 0 Å². The zero-order valence-electron chi connectivity index (χ0n) is 12.3. The lowest BCUT2D eigenvalue weighted by Gasteiger charge is -2.30. The van der Waals surface area contributed by atoms with E-state index in [1.54, 1.807) is 0 Å². The molecule has 0 spiro atoms. The average molecular weight is 265 g/mol. The minimum absolute atomic E-state index is 0.815. The second-order valence-corrected chi connectivity index (χ2v) is 5.59. The molecule has 2 heterocycles. The predicted octanol–water partition coefficient (Wildman–Crippen LogP) is 2.80. The zero-order chi connectivity index (χ0) is 13.5. The first-order valence-corrected chi connectivity index (χ1v) is 7.69. The van der Waals surface area contributed by atoms with E-state index >= 15 is 0 Å². The summed E-state index contributed by atoms with van der Waals surface area (Å²) in [5.41, 5.74) is 1.02. The van der Waals surface area contributed by atoms with Gasteiger partial charge in [0.1, 0.15) is 0 Å². The highest BCUT2D eigenvalue weighted by molar-refractivity contribution is 5.05. The van der Waals surface area contributed by atoms with E-state index in [0.29, 0.717) is 0 Å². The third-order valence-corrected chi connectivity index (χ3v) is 4.00. The molecular weight excluding hydrogens is 238 g/mol. The lowest BCUT2D eigenvalue weighted by atomic mass is 9.94. The highest BCUT2D eigenvalue weighted by Gasteiger charge is 2.19. The molecule has 1 fully saturated rings. The Morgan fingerprint density at radius 3 is 2.84 bits per heavy atom.